The number of fused-ring (bicyclic) bond motifs is 3. The van der Waals surface area contributed by atoms with Crippen LogP contribution >= 0.6 is 0 Å². The van der Waals surface area contributed by atoms with E-state index in [0.29, 0.717) is 0 Å². The maximum atomic E-state index is 2.40. The van der Waals surface area contributed by atoms with Crippen molar-refractivity contribution >= 4 is 54.1 Å². The monoisotopic (exact) mass is 575 g/mol. The molecule has 0 aliphatic rings. The molecule has 0 aliphatic heterocycles. The van der Waals surface area contributed by atoms with Crippen molar-refractivity contribution in [2.24, 2.45) is 0 Å². The minimum absolute atomic E-state index is 0.0997. The van der Waals surface area contributed by atoms with Gasteiger partial charge in [-0.2, -0.15) is 0 Å². The minimum atomic E-state index is 0.0997. The number of para-hydroxylation sites is 2. The molecule has 1 heterocycles. The number of hydrogen-bond acceptors (Lipinski definition) is 0. The molecule has 0 atom stereocenters. The van der Waals surface area contributed by atoms with Crippen LogP contribution in [0.3, 0.4) is 0 Å². The second kappa shape index (κ2) is 9.55. The van der Waals surface area contributed by atoms with Crippen LogP contribution in [0.4, 0.5) is 0 Å². The van der Waals surface area contributed by atoms with Crippen LogP contribution in [-0.4, -0.2) is 4.57 Å². The molecule has 0 N–H and O–H groups in total. The summed E-state index contributed by atoms with van der Waals surface area (Å²) in [6.07, 6.45) is 0. The van der Waals surface area contributed by atoms with E-state index >= 15 is 0 Å². The first-order chi connectivity index (χ1) is 22.0. The molecule has 214 valence electrons. The quantitative estimate of drug-likeness (QED) is 0.185. The maximum absolute atomic E-state index is 2.40. The van der Waals surface area contributed by atoms with Crippen molar-refractivity contribution < 1.29 is 0 Å². The van der Waals surface area contributed by atoms with E-state index in [2.05, 4.69) is 171 Å². The van der Waals surface area contributed by atoms with Crippen LogP contribution < -0.4 is 0 Å². The van der Waals surface area contributed by atoms with Gasteiger partial charge in [0.15, 0.2) is 0 Å². The van der Waals surface area contributed by atoms with Gasteiger partial charge < -0.3 is 4.57 Å². The number of rotatable bonds is 3. The third kappa shape index (κ3) is 3.94. The van der Waals surface area contributed by atoms with E-state index in [1.54, 1.807) is 0 Å². The molecule has 0 radical (unpaired) electrons. The highest BCUT2D eigenvalue weighted by atomic mass is 15.0. The van der Waals surface area contributed by atoms with Crippen LogP contribution in [0.25, 0.3) is 82.1 Å². The molecule has 1 nitrogen and oxygen atoms in total. The first kappa shape index (κ1) is 26.0. The van der Waals surface area contributed by atoms with E-state index in [9.17, 15) is 0 Å². The van der Waals surface area contributed by atoms with Gasteiger partial charge in [0.05, 0.1) is 11.0 Å². The Labute approximate surface area is 263 Å². The molecule has 0 amide bonds. The van der Waals surface area contributed by atoms with Crippen LogP contribution in [-0.2, 0) is 5.41 Å². The number of hydrogen-bond donors (Lipinski definition) is 0. The standard InChI is InChI=1S/C44H33N/c1-44(2,3)32-12-8-10-30(26-32)34-22-18-28-21-25-39-35(23-19-29-20-24-38(34)42(28)43(29)39)31-11-9-13-33(27-31)45-40-16-6-4-14-36(40)37-15-5-7-17-41(37)45/h4-27H,1-3H3. The molecule has 9 rings (SSSR count). The molecular weight excluding hydrogens is 542 g/mol. The fraction of sp³-hybridized carbons (Fsp3) is 0.0909. The van der Waals surface area contributed by atoms with Crippen molar-refractivity contribution in [1.29, 1.82) is 0 Å². The molecule has 0 spiro atoms. The Bertz CT molecular complexity index is 2520. The Balaban J connectivity index is 1.26. The number of nitrogens with zero attached hydrogens (tertiary/aromatic N) is 1. The molecule has 0 saturated heterocycles. The van der Waals surface area contributed by atoms with Crippen molar-refractivity contribution in [2.75, 3.05) is 0 Å². The van der Waals surface area contributed by atoms with Crippen molar-refractivity contribution in [2.45, 2.75) is 26.2 Å². The van der Waals surface area contributed by atoms with E-state index in [4.69, 9.17) is 0 Å². The first-order valence-corrected chi connectivity index (χ1v) is 15.9. The Morgan fingerprint density at radius 3 is 1.51 bits per heavy atom. The summed E-state index contributed by atoms with van der Waals surface area (Å²) in [6.45, 7) is 6.86. The maximum Gasteiger partial charge on any atom is 0.0541 e. The first-order valence-electron chi connectivity index (χ1n) is 15.9. The molecule has 8 aromatic carbocycles. The van der Waals surface area contributed by atoms with Gasteiger partial charge in [0, 0.05) is 16.5 Å². The molecule has 1 aromatic heterocycles. The normalized spacial score (nSPS) is 12.3. The topological polar surface area (TPSA) is 4.93 Å². The predicted octanol–water partition coefficient (Wildman–Crippen LogP) is 12.3. The zero-order chi connectivity index (χ0) is 30.3. The van der Waals surface area contributed by atoms with E-state index in [1.807, 2.05) is 0 Å². The van der Waals surface area contributed by atoms with Gasteiger partial charge >= 0.3 is 0 Å². The van der Waals surface area contributed by atoms with Gasteiger partial charge in [0.1, 0.15) is 0 Å². The van der Waals surface area contributed by atoms with E-state index < -0.39 is 0 Å². The van der Waals surface area contributed by atoms with Crippen molar-refractivity contribution in [3.05, 3.63) is 151 Å². The van der Waals surface area contributed by atoms with Gasteiger partial charge in [-0.25, -0.2) is 0 Å². The Morgan fingerprint density at radius 2 is 0.933 bits per heavy atom. The molecule has 0 unspecified atom stereocenters. The molecule has 45 heavy (non-hydrogen) atoms. The highest BCUT2D eigenvalue weighted by molar-refractivity contribution is 6.27. The lowest BCUT2D eigenvalue weighted by molar-refractivity contribution is 0.590. The van der Waals surface area contributed by atoms with E-state index in [0.717, 1.165) is 0 Å². The molecular formula is C44H33N. The minimum Gasteiger partial charge on any atom is -0.309 e. The van der Waals surface area contributed by atoms with Gasteiger partial charge in [0.2, 0.25) is 0 Å². The molecule has 0 bridgehead atoms. The Hall–Kier alpha value is -5.40. The van der Waals surface area contributed by atoms with Crippen LogP contribution in [0.2, 0.25) is 0 Å². The second-order valence-corrected chi connectivity index (χ2v) is 13.4. The summed E-state index contributed by atoms with van der Waals surface area (Å²) in [5, 5.41) is 10.4. The van der Waals surface area contributed by atoms with Crippen LogP contribution in [0.5, 0.6) is 0 Å². The summed E-state index contributed by atoms with van der Waals surface area (Å²) < 4.78 is 2.40. The van der Waals surface area contributed by atoms with E-state index in [-0.39, 0.29) is 5.41 Å². The van der Waals surface area contributed by atoms with Crippen LogP contribution in [0, 0.1) is 0 Å². The molecule has 1 heteroatoms. The fourth-order valence-electron chi connectivity index (χ4n) is 7.47. The summed E-state index contributed by atoms with van der Waals surface area (Å²) in [5.41, 5.74) is 10.2. The molecule has 0 fully saturated rings. The Morgan fingerprint density at radius 1 is 0.422 bits per heavy atom. The van der Waals surface area contributed by atoms with Crippen molar-refractivity contribution in [3.63, 3.8) is 0 Å². The lowest BCUT2D eigenvalue weighted by Gasteiger charge is -2.21. The summed E-state index contributed by atoms with van der Waals surface area (Å²) >= 11 is 0. The lowest BCUT2D eigenvalue weighted by Crippen LogP contribution is -2.10. The Kier molecular flexibility index (Phi) is 5.53. The fourth-order valence-corrected chi connectivity index (χ4v) is 7.47. The summed E-state index contributed by atoms with van der Waals surface area (Å²) in [5.74, 6) is 0. The van der Waals surface area contributed by atoms with Gasteiger partial charge in [-0.05, 0) is 89.8 Å². The number of aromatic nitrogens is 1. The smallest absolute Gasteiger partial charge is 0.0541 e. The predicted molar refractivity (Wildman–Crippen MR) is 194 cm³/mol. The average molecular weight is 576 g/mol. The lowest BCUT2D eigenvalue weighted by atomic mass is 9.84. The van der Waals surface area contributed by atoms with Gasteiger partial charge in [-0.15, -0.1) is 0 Å². The summed E-state index contributed by atoms with van der Waals surface area (Å²) in [7, 11) is 0. The zero-order valence-electron chi connectivity index (χ0n) is 25.8. The van der Waals surface area contributed by atoms with E-state index in [1.165, 1.54) is 87.6 Å². The third-order valence-corrected chi connectivity index (χ3v) is 9.70. The average Bonchev–Trinajstić information content (AvgIpc) is 3.41. The van der Waals surface area contributed by atoms with Gasteiger partial charge in [-0.3, -0.25) is 0 Å². The van der Waals surface area contributed by atoms with Crippen LogP contribution in [0.15, 0.2) is 146 Å². The zero-order valence-corrected chi connectivity index (χ0v) is 25.8. The van der Waals surface area contributed by atoms with Crippen molar-refractivity contribution in [1.82, 2.24) is 4.57 Å². The van der Waals surface area contributed by atoms with Crippen molar-refractivity contribution in [3.8, 4) is 27.9 Å². The van der Waals surface area contributed by atoms with Crippen LogP contribution in [0.1, 0.15) is 26.3 Å². The van der Waals surface area contributed by atoms with Gasteiger partial charge in [-0.1, -0.05) is 142 Å². The largest absolute Gasteiger partial charge is 0.309 e. The molecule has 9 aromatic rings. The molecule has 0 aliphatic carbocycles. The summed E-state index contributed by atoms with van der Waals surface area (Å²) in [6, 6.07) is 54.1. The highest BCUT2D eigenvalue weighted by Gasteiger charge is 2.18. The third-order valence-electron chi connectivity index (χ3n) is 9.70. The second-order valence-electron chi connectivity index (χ2n) is 13.4. The number of benzene rings is 8. The molecule has 0 saturated carbocycles. The highest BCUT2D eigenvalue weighted by Crippen LogP contribution is 2.43. The summed E-state index contributed by atoms with van der Waals surface area (Å²) in [4.78, 5) is 0. The van der Waals surface area contributed by atoms with Gasteiger partial charge in [0.25, 0.3) is 0 Å². The SMILES string of the molecule is CC(C)(C)c1cccc(-c2ccc3ccc4c(-c5cccc(-n6c7ccccc7c7ccccc76)c5)ccc5ccc2c3c54)c1.